The maximum absolute atomic E-state index is 12.8. The summed E-state index contributed by atoms with van der Waals surface area (Å²) in [6.07, 6.45) is 0. The van der Waals surface area contributed by atoms with Gasteiger partial charge in [0.2, 0.25) is 0 Å². The molecule has 0 spiro atoms. The van der Waals surface area contributed by atoms with Crippen LogP contribution < -0.4 is 10.3 Å². The van der Waals surface area contributed by atoms with Crippen LogP contribution in [0.2, 0.25) is 0 Å². The second-order valence-electron chi connectivity index (χ2n) is 7.71. The van der Waals surface area contributed by atoms with Crippen LogP contribution in [0.3, 0.4) is 0 Å². The molecule has 0 atom stereocenters. The lowest BCUT2D eigenvalue weighted by atomic mass is 9.90. The number of hydrogen-bond acceptors (Lipinski definition) is 5. The van der Waals surface area contributed by atoms with Gasteiger partial charge in [0.15, 0.2) is 5.43 Å². The number of rotatable bonds is 6. The molecule has 2 aromatic rings. The molecule has 0 bridgehead atoms. The Balaban J connectivity index is 2.11. The maximum Gasteiger partial charge on any atom is 0.338 e. The zero-order valence-corrected chi connectivity index (χ0v) is 18.9. The van der Waals surface area contributed by atoms with E-state index in [2.05, 4.69) is 31.7 Å². The first-order valence-corrected chi connectivity index (χ1v) is 11.0. The predicted octanol–water partition coefficient (Wildman–Crippen LogP) is 5.90. The number of hydrogen-bond donors (Lipinski definition) is 0. The predicted molar refractivity (Wildman–Crippen MR) is 129 cm³/mol. The van der Waals surface area contributed by atoms with Crippen LogP contribution in [0.25, 0.3) is 33.4 Å². The standard InChI is InChI=1S/C27H27NO4/c1-5-28(6-2)23-16-25-22(14-17(23)4)26(21-13-12-18(29)15-24(21)32-25)19-10-8-9-11-20(19)27(30)31-7-3/h8-16H,5-7H2,1-4H3. The molecule has 0 fully saturated rings. The number of esters is 1. The quantitative estimate of drug-likeness (QED) is 0.282. The summed E-state index contributed by atoms with van der Waals surface area (Å²) in [5.74, 6) is 0.120. The first-order chi connectivity index (χ1) is 15.5. The van der Waals surface area contributed by atoms with Crippen LogP contribution in [-0.2, 0) is 4.74 Å². The fourth-order valence-corrected chi connectivity index (χ4v) is 4.30. The SMILES string of the molecule is CCOC(=O)c1ccccc1-c1c2ccc(=O)cc-2oc2cc(N(CC)CC)c(C)cc12. The van der Waals surface area contributed by atoms with Gasteiger partial charge >= 0.3 is 5.97 Å². The van der Waals surface area contributed by atoms with Crippen LogP contribution >= 0.6 is 0 Å². The molecule has 4 rings (SSSR count). The molecular weight excluding hydrogens is 402 g/mol. The molecular formula is C27H27NO4. The summed E-state index contributed by atoms with van der Waals surface area (Å²) in [4.78, 5) is 27.1. The Hall–Kier alpha value is -3.60. The molecule has 0 amide bonds. The second-order valence-corrected chi connectivity index (χ2v) is 7.71. The van der Waals surface area contributed by atoms with E-state index in [1.807, 2.05) is 24.3 Å². The summed E-state index contributed by atoms with van der Waals surface area (Å²) in [6, 6.07) is 16.4. The van der Waals surface area contributed by atoms with E-state index >= 15 is 0 Å². The highest BCUT2D eigenvalue weighted by Gasteiger charge is 2.23. The summed E-state index contributed by atoms with van der Waals surface area (Å²) < 4.78 is 11.5. The van der Waals surface area contributed by atoms with E-state index in [1.54, 1.807) is 19.1 Å². The highest BCUT2D eigenvalue weighted by molar-refractivity contribution is 6.08. The molecule has 0 aromatic heterocycles. The van der Waals surface area contributed by atoms with Gasteiger partial charge in [0, 0.05) is 47.4 Å². The van der Waals surface area contributed by atoms with Crippen LogP contribution in [0.15, 0.2) is 63.8 Å². The van der Waals surface area contributed by atoms with Crippen molar-refractivity contribution >= 4 is 22.6 Å². The van der Waals surface area contributed by atoms with E-state index in [-0.39, 0.29) is 11.4 Å². The van der Waals surface area contributed by atoms with E-state index in [1.165, 1.54) is 12.1 Å². The lowest BCUT2D eigenvalue weighted by Gasteiger charge is -2.25. The number of carbonyl (C=O) groups is 1. The molecule has 5 heteroatoms. The number of benzene rings is 3. The fourth-order valence-electron chi connectivity index (χ4n) is 4.30. The van der Waals surface area contributed by atoms with Gasteiger partial charge in [-0.2, -0.15) is 0 Å². The Labute approximate surface area is 187 Å². The highest BCUT2D eigenvalue weighted by Crippen LogP contribution is 2.43. The Morgan fingerprint density at radius 3 is 2.44 bits per heavy atom. The lowest BCUT2D eigenvalue weighted by Crippen LogP contribution is -2.22. The van der Waals surface area contributed by atoms with Crippen molar-refractivity contribution in [2.24, 2.45) is 0 Å². The molecule has 32 heavy (non-hydrogen) atoms. The van der Waals surface area contributed by atoms with Gasteiger partial charge in [-0.15, -0.1) is 0 Å². The topological polar surface area (TPSA) is 59.8 Å². The second kappa shape index (κ2) is 8.87. The van der Waals surface area contributed by atoms with Crippen molar-refractivity contribution in [2.45, 2.75) is 27.7 Å². The lowest BCUT2D eigenvalue weighted by molar-refractivity contribution is 0.0527. The molecule has 164 valence electrons. The smallest absolute Gasteiger partial charge is 0.338 e. The van der Waals surface area contributed by atoms with Gasteiger partial charge in [-0.25, -0.2) is 4.79 Å². The normalized spacial score (nSPS) is 11.1. The van der Waals surface area contributed by atoms with Gasteiger partial charge < -0.3 is 14.1 Å². The molecule has 1 aliphatic carbocycles. The zero-order valence-electron chi connectivity index (χ0n) is 18.9. The Morgan fingerprint density at radius 2 is 1.72 bits per heavy atom. The molecule has 0 saturated heterocycles. The van der Waals surface area contributed by atoms with E-state index in [4.69, 9.17) is 9.15 Å². The minimum absolute atomic E-state index is 0.124. The van der Waals surface area contributed by atoms with Crippen molar-refractivity contribution in [1.29, 1.82) is 0 Å². The van der Waals surface area contributed by atoms with E-state index < -0.39 is 0 Å². The average molecular weight is 430 g/mol. The molecule has 5 nitrogen and oxygen atoms in total. The third kappa shape index (κ3) is 3.75. The minimum atomic E-state index is -0.373. The summed E-state index contributed by atoms with van der Waals surface area (Å²) in [7, 11) is 0. The number of carbonyl (C=O) groups excluding carboxylic acids is 1. The number of fused-ring (bicyclic) bond motifs is 2. The number of anilines is 1. The Morgan fingerprint density at radius 1 is 0.969 bits per heavy atom. The van der Waals surface area contributed by atoms with Gasteiger partial charge in [0.25, 0.3) is 0 Å². The molecule has 0 saturated carbocycles. The molecule has 0 unspecified atom stereocenters. The first kappa shape index (κ1) is 21.6. The monoisotopic (exact) mass is 429 g/mol. The number of nitrogens with zero attached hydrogens (tertiary/aromatic N) is 1. The van der Waals surface area contributed by atoms with Crippen LogP contribution in [-0.4, -0.2) is 25.7 Å². The largest absolute Gasteiger partial charge is 0.462 e. The highest BCUT2D eigenvalue weighted by atomic mass is 16.5. The van der Waals surface area contributed by atoms with E-state index in [0.29, 0.717) is 23.5 Å². The number of aryl methyl sites for hydroxylation is 1. The molecule has 0 radical (unpaired) electrons. The van der Waals surface area contributed by atoms with Gasteiger partial charge in [-0.1, -0.05) is 18.2 Å². The fraction of sp³-hybridized carbons (Fsp3) is 0.259. The van der Waals surface area contributed by atoms with Crippen molar-refractivity contribution in [3.8, 4) is 22.5 Å². The van der Waals surface area contributed by atoms with Gasteiger partial charge in [0.1, 0.15) is 11.3 Å². The van der Waals surface area contributed by atoms with Crippen molar-refractivity contribution < 1.29 is 13.9 Å². The van der Waals surface area contributed by atoms with Crippen LogP contribution in [0.5, 0.6) is 0 Å². The van der Waals surface area contributed by atoms with Crippen molar-refractivity contribution in [3.05, 3.63) is 75.9 Å². The summed E-state index contributed by atoms with van der Waals surface area (Å²) >= 11 is 0. The maximum atomic E-state index is 12.8. The first-order valence-electron chi connectivity index (χ1n) is 11.0. The Bertz CT molecular complexity index is 1320. The molecule has 0 N–H and O–H groups in total. The number of ether oxygens (including phenoxy) is 1. The van der Waals surface area contributed by atoms with Crippen molar-refractivity contribution in [2.75, 3.05) is 24.6 Å². The van der Waals surface area contributed by atoms with Crippen LogP contribution in [0, 0.1) is 6.92 Å². The third-order valence-corrected chi connectivity index (χ3v) is 5.81. The zero-order chi connectivity index (χ0) is 22.8. The van der Waals surface area contributed by atoms with Crippen LogP contribution in [0.1, 0.15) is 36.7 Å². The molecule has 2 aliphatic rings. The molecule has 2 aromatic carbocycles. The van der Waals surface area contributed by atoms with Crippen molar-refractivity contribution in [1.82, 2.24) is 0 Å². The molecule has 1 heterocycles. The van der Waals surface area contributed by atoms with Gasteiger partial charge in [0.05, 0.1) is 12.2 Å². The minimum Gasteiger partial charge on any atom is -0.462 e. The Kier molecular flexibility index (Phi) is 5.99. The van der Waals surface area contributed by atoms with E-state index in [9.17, 15) is 9.59 Å². The summed E-state index contributed by atoms with van der Waals surface area (Å²) in [5, 5.41) is 0.890. The summed E-state index contributed by atoms with van der Waals surface area (Å²) in [5.41, 5.74) is 5.64. The summed E-state index contributed by atoms with van der Waals surface area (Å²) in [6.45, 7) is 10.2. The van der Waals surface area contributed by atoms with Crippen molar-refractivity contribution in [3.63, 3.8) is 0 Å². The molecule has 1 aliphatic heterocycles. The third-order valence-electron chi connectivity index (χ3n) is 5.81. The average Bonchev–Trinajstić information content (AvgIpc) is 2.79. The van der Waals surface area contributed by atoms with Gasteiger partial charge in [-0.05, 0) is 63.1 Å². The van der Waals surface area contributed by atoms with E-state index in [0.717, 1.165) is 46.4 Å². The van der Waals surface area contributed by atoms with Crippen LogP contribution in [0.4, 0.5) is 5.69 Å². The van der Waals surface area contributed by atoms with Gasteiger partial charge in [-0.3, -0.25) is 4.79 Å².